The third-order valence-corrected chi connectivity index (χ3v) is 2.44. The minimum Gasteiger partial charge on any atom is -0.296 e. The van der Waals surface area contributed by atoms with Crippen LogP contribution in [0.5, 0.6) is 0 Å². The maximum absolute atomic E-state index is 12.9. The highest BCUT2D eigenvalue weighted by Gasteiger charge is 2.16. The van der Waals surface area contributed by atoms with Crippen molar-refractivity contribution >= 4 is 6.29 Å². The molecule has 88 valence electrons. The molecule has 1 heterocycles. The molecule has 0 saturated heterocycles. The fourth-order valence-corrected chi connectivity index (χ4v) is 1.63. The normalized spacial score (nSPS) is 10.8. The van der Waals surface area contributed by atoms with Gasteiger partial charge in [-0.1, -0.05) is 5.21 Å². The molecule has 0 saturated carbocycles. The Hall–Kier alpha value is -2.04. The molecule has 1 aromatic heterocycles. The van der Waals surface area contributed by atoms with Crippen molar-refractivity contribution in [2.75, 3.05) is 0 Å². The highest BCUT2D eigenvalue weighted by atomic mass is 19.1. The number of carbonyl (C=O) groups excluding carboxylic acids is 1. The zero-order chi connectivity index (χ0) is 12.4. The molecule has 2 aromatic rings. The van der Waals surface area contributed by atoms with Crippen LogP contribution in [0.25, 0.3) is 11.3 Å². The minimum absolute atomic E-state index is 0.0799. The summed E-state index contributed by atoms with van der Waals surface area (Å²) in [6, 6.07) is 6.00. The van der Waals surface area contributed by atoms with Gasteiger partial charge in [-0.25, -0.2) is 9.07 Å². The molecule has 0 aliphatic rings. The third kappa shape index (κ3) is 2.08. The van der Waals surface area contributed by atoms with Crippen molar-refractivity contribution in [3.63, 3.8) is 0 Å². The van der Waals surface area contributed by atoms with Crippen molar-refractivity contribution in [3.8, 4) is 11.3 Å². The number of aromatic nitrogens is 3. The first kappa shape index (κ1) is 11.4. The monoisotopic (exact) mass is 233 g/mol. The van der Waals surface area contributed by atoms with E-state index in [9.17, 15) is 9.18 Å². The van der Waals surface area contributed by atoms with Gasteiger partial charge in [0.15, 0.2) is 12.0 Å². The Morgan fingerprint density at radius 1 is 1.29 bits per heavy atom. The molecule has 0 aliphatic carbocycles. The number of halogens is 1. The predicted octanol–water partition coefficient (Wildman–Crippen LogP) is 2.48. The fourth-order valence-electron chi connectivity index (χ4n) is 1.63. The Morgan fingerprint density at radius 2 is 1.94 bits per heavy atom. The molecular weight excluding hydrogens is 221 g/mol. The average Bonchev–Trinajstić information content (AvgIpc) is 2.73. The summed E-state index contributed by atoms with van der Waals surface area (Å²) in [5.41, 5.74) is 1.62. The van der Waals surface area contributed by atoms with Crippen LogP contribution in [0.4, 0.5) is 4.39 Å². The van der Waals surface area contributed by atoms with E-state index in [4.69, 9.17) is 0 Å². The van der Waals surface area contributed by atoms with Gasteiger partial charge in [0.2, 0.25) is 0 Å². The predicted molar refractivity (Wildman–Crippen MR) is 61.2 cm³/mol. The second-order valence-electron chi connectivity index (χ2n) is 3.99. The Bertz CT molecular complexity index is 531. The fraction of sp³-hybridized carbons (Fsp3) is 0.250. The lowest BCUT2D eigenvalue weighted by molar-refractivity contribution is 0.111. The van der Waals surface area contributed by atoms with Crippen molar-refractivity contribution < 1.29 is 9.18 Å². The van der Waals surface area contributed by atoms with Crippen LogP contribution in [0.1, 0.15) is 30.4 Å². The van der Waals surface area contributed by atoms with Crippen LogP contribution in [0.3, 0.4) is 0 Å². The molecule has 0 amide bonds. The van der Waals surface area contributed by atoms with Crippen molar-refractivity contribution in [3.05, 3.63) is 35.8 Å². The minimum atomic E-state index is -0.315. The molecule has 0 spiro atoms. The number of hydrogen-bond acceptors (Lipinski definition) is 3. The molecule has 0 atom stereocenters. The Balaban J connectivity index is 2.59. The van der Waals surface area contributed by atoms with Crippen LogP contribution in [0.2, 0.25) is 0 Å². The maximum atomic E-state index is 12.9. The van der Waals surface area contributed by atoms with E-state index < -0.39 is 0 Å². The van der Waals surface area contributed by atoms with Gasteiger partial charge in [0.1, 0.15) is 5.82 Å². The second-order valence-corrected chi connectivity index (χ2v) is 3.99. The van der Waals surface area contributed by atoms with Crippen molar-refractivity contribution in [1.82, 2.24) is 15.0 Å². The van der Waals surface area contributed by atoms with Crippen molar-refractivity contribution in [2.45, 2.75) is 19.9 Å². The molecule has 4 nitrogen and oxygen atoms in total. The Labute approximate surface area is 98.1 Å². The summed E-state index contributed by atoms with van der Waals surface area (Å²) in [4.78, 5) is 10.9. The summed E-state index contributed by atoms with van der Waals surface area (Å²) in [7, 11) is 0. The van der Waals surface area contributed by atoms with Gasteiger partial charge in [-0.05, 0) is 38.1 Å². The third-order valence-electron chi connectivity index (χ3n) is 2.44. The highest BCUT2D eigenvalue weighted by molar-refractivity contribution is 5.83. The number of nitrogens with zero attached hydrogens (tertiary/aromatic N) is 3. The lowest BCUT2D eigenvalue weighted by atomic mass is 10.1. The topological polar surface area (TPSA) is 47.8 Å². The molecule has 0 bridgehead atoms. The second kappa shape index (κ2) is 4.45. The number of hydrogen-bond donors (Lipinski definition) is 0. The molecule has 0 radical (unpaired) electrons. The van der Waals surface area contributed by atoms with E-state index in [0.717, 1.165) is 5.56 Å². The van der Waals surface area contributed by atoms with E-state index in [1.54, 1.807) is 16.8 Å². The first-order valence-corrected chi connectivity index (χ1v) is 5.29. The number of rotatable bonds is 3. The van der Waals surface area contributed by atoms with E-state index >= 15 is 0 Å². The number of benzene rings is 1. The van der Waals surface area contributed by atoms with Gasteiger partial charge in [-0.15, -0.1) is 5.10 Å². The van der Waals surface area contributed by atoms with Crippen molar-refractivity contribution in [1.29, 1.82) is 0 Å². The molecule has 5 heteroatoms. The largest absolute Gasteiger partial charge is 0.296 e. The van der Waals surface area contributed by atoms with Gasteiger partial charge >= 0.3 is 0 Å². The van der Waals surface area contributed by atoms with Crippen LogP contribution in [-0.2, 0) is 0 Å². The van der Waals surface area contributed by atoms with Gasteiger partial charge < -0.3 is 0 Å². The van der Waals surface area contributed by atoms with Crippen LogP contribution >= 0.6 is 0 Å². The quantitative estimate of drug-likeness (QED) is 0.765. The highest BCUT2D eigenvalue weighted by Crippen LogP contribution is 2.24. The van der Waals surface area contributed by atoms with E-state index in [0.29, 0.717) is 12.0 Å². The lowest BCUT2D eigenvalue weighted by Gasteiger charge is -2.09. The summed E-state index contributed by atoms with van der Waals surface area (Å²) in [6.45, 7) is 3.88. The van der Waals surface area contributed by atoms with Gasteiger partial charge in [0, 0.05) is 11.6 Å². The summed E-state index contributed by atoms with van der Waals surface area (Å²) in [6.07, 6.45) is 0.657. The van der Waals surface area contributed by atoms with Gasteiger partial charge in [-0.3, -0.25) is 4.79 Å². The first-order chi connectivity index (χ1) is 8.13. The maximum Gasteiger partial charge on any atom is 0.172 e. The van der Waals surface area contributed by atoms with Crippen LogP contribution in [0, 0.1) is 5.82 Å². The molecule has 0 N–H and O–H groups in total. The zero-order valence-electron chi connectivity index (χ0n) is 9.59. The molecule has 0 unspecified atom stereocenters. The lowest BCUT2D eigenvalue weighted by Crippen LogP contribution is -2.05. The van der Waals surface area contributed by atoms with Crippen LogP contribution < -0.4 is 0 Å². The zero-order valence-corrected chi connectivity index (χ0v) is 9.59. The standard InChI is InChI=1S/C12H12FN3O/c1-8(2)16-12(11(7-17)14-15-16)9-3-5-10(13)6-4-9/h3-8H,1-2H3. The van der Waals surface area contributed by atoms with E-state index in [-0.39, 0.29) is 17.6 Å². The van der Waals surface area contributed by atoms with Crippen LogP contribution in [-0.4, -0.2) is 21.3 Å². The molecule has 0 aliphatic heterocycles. The van der Waals surface area contributed by atoms with Gasteiger partial charge in [0.05, 0.1) is 5.69 Å². The summed E-state index contributed by atoms with van der Waals surface area (Å²) >= 11 is 0. The smallest absolute Gasteiger partial charge is 0.172 e. The van der Waals surface area contributed by atoms with E-state index in [2.05, 4.69) is 10.3 Å². The van der Waals surface area contributed by atoms with E-state index in [1.807, 2.05) is 13.8 Å². The SMILES string of the molecule is CC(C)n1nnc(C=O)c1-c1ccc(F)cc1. The van der Waals surface area contributed by atoms with Crippen molar-refractivity contribution in [2.24, 2.45) is 0 Å². The first-order valence-electron chi connectivity index (χ1n) is 5.29. The molecule has 1 aromatic carbocycles. The van der Waals surface area contributed by atoms with Gasteiger partial charge in [0.25, 0.3) is 0 Å². The molecule has 0 fully saturated rings. The number of aldehydes is 1. The Kier molecular flexibility index (Phi) is 2.99. The Morgan fingerprint density at radius 3 is 2.47 bits per heavy atom. The number of carbonyl (C=O) groups is 1. The molecule has 17 heavy (non-hydrogen) atoms. The molecular formula is C12H12FN3O. The summed E-state index contributed by atoms with van der Waals surface area (Å²) < 4.78 is 14.5. The summed E-state index contributed by atoms with van der Waals surface area (Å²) in [5, 5.41) is 7.73. The van der Waals surface area contributed by atoms with Crippen LogP contribution in [0.15, 0.2) is 24.3 Å². The molecule has 2 rings (SSSR count). The average molecular weight is 233 g/mol. The van der Waals surface area contributed by atoms with E-state index in [1.165, 1.54) is 12.1 Å². The van der Waals surface area contributed by atoms with Gasteiger partial charge in [-0.2, -0.15) is 0 Å². The summed E-state index contributed by atoms with van der Waals surface area (Å²) in [5.74, 6) is -0.315.